The largest absolute Gasteiger partial charge is 0.492 e. The fraction of sp³-hybridized carbons (Fsp3) is 0.679. The first kappa shape index (κ1) is 55.6. The van der Waals surface area contributed by atoms with Gasteiger partial charge in [0.2, 0.25) is 24.6 Å². The zero-order valence-electron chi connectivity index (χ0n) is 41.7. The van der Waals surface area contributed by atoms with Crippen molar-refractivity contribution < 1.29 is 42.2 Å². The number of allylic oxidation sites excluding steroid dienone is 2. The predicted molar refractivity (Wildman–Crippen MR) is 270 cm³/mol. The Bertz CT molecular complexity index is 1970. The highest BCUT2D eigenvalue weighted by atomic mass is 32.2. The van der Waals surface area contributed by atoms with Gasteiger partial charge >= 0.3 is 0 Å². The number of likely N-dealkylation sites (tertiary alicyclic amines) is 2. The third kappa shape index (κ3) is 17.5. The number of benzene rings is 1. The highest BCUT2D eigenvalue weighted by Gasteiger charge is 2.59. The number of halogens is 2. The summed E-state index contributed by atoms with van der Waals surface area (Å²) in [6.45, 7) is 10.6. The summed E-state index contributed by atoms with van der Waals surface area (Å²) in [5, 5.41) is 6.49. The average molecular weight is 983 g/mol. The molecule has 6 fully saturated rings. The van der Waals surface area contributed by atoms with Gasteiger partial charge in [0.05, 0.1) is 44.0 Å². The fourth-order valence-corrected chi connectivity index (χ4v) is 10.8. The van der Waals surface area contributed by atoms with Crippen molar-refractivity contribution in [2.45, 2.75) is 158 Å². The number of nitrogens with one attached hydrogen (secondary N) is 3. The van der Waals surface area contributed by atoms with E-state index in [2.05, 4.69) is 41.0 Å². The summed E-state index contributed by atoms with van der Waals surface area (Å²) in [6, 6.07) is 8.23. The third-order valence-electron chi connectivity index (χ3n) is 14.2. The minimum atomic E-state index is -2.57. The Labute approximate surface area is 414 Å². The van der Waals surface area contributed by atoms with Crippen molar-refractivity contribution >= 4 is 47.5 Å². The Kier molecular flexibility index (Phi) is 23.0. The quantitative estimate of drug-likeness (QED) is 0.0479. The van der Waals surface area contributed by atoms with Crippen LogP contribution in [0, 0.1) is 17.8 Å². The molecule has 2 aromatic rings. The van der Waals surface area contributed by atoms with E-state index in [0.717, 1.165) is 66.9 Å². The van der Waals surface area contributed by atoms with E-state index in [-0.39, 0.29) is 37.2 Å². The van der Waals surface area contributed by atoms with E-state index >= 15 is 0 Å². The molecule has 8 rings (SSSR count). The summed E-state index contributed by atoms with van der Waals surface area (Å²) in [5.74, 6) is 0.460. The summed E-state index contributed by atoms with van der Waals surface area (Å²) >= 11 is 1.47. The molecule has 1 aromatic heterocycles. The summed E-state index contributed by atoms with van der Waals surface area (Å²) in [5.41, 5.74) is 1.03. The molecule has 1 aromatic carbocycles. The second-order valence-corrected chi connectivity index (χ2v) is 20.7. The lowest BCUT2D eigenvalue weighted by atomic mass is 9.99. The summed E-state index contributed by atoms with van der Waals surface area (Å²) in [6.07, 6.45) is 26.5. The first-order chi connectivity index (χ1) is 33.4. The van der Waals surface area contributed by atoms with Crippen molar-refractivity contribution in [2.24, 2.45) is 17.8 Å². The zero-order valence-corrected chi connectivity index (χ0v) is 42.5. The molecule has 13 nitrogen and oxygen atoms in total. The number of carbonyl (C=O) groups is 4. The maximum absolute atomic E-state index is 13.7. The smallest absolute Gasteiger partial charge is 0.260 e. The second-order valence-electron chi connectivity index (χ2n) is 19.6. The number of hydrogen-bond acceptors (Lipinski definition) is 10. The van der Waals surface area contributed by atoms with Crippen molar-refractivity contribution in [3.8, 4) is 11.6 Å². The number of piperidine rings is 1. The van der Waals surface area contributed by atoms with Crippen LogP contribution in [-0.2, 0) is 30.3 Å². The van der Waals surface area contributed by atoms with Gasteiger partial charge in [0, 0.05) is 49.2 Å². The van der Waals surface area contributed by atoms with E-state index in [0.29, 0.717) is 80.8 Å². The molecule has 6 aliphatic rings. The second kappa shape index (κ2) is 28.5. The van der Waals surface area contributed by atoms with Crippen LogP contribution in [0.3, 0.4) is 0 Å². The first-order valence-electron chi connectivity index (χ1n) is 25.5. The minimum Gasteiger partial charge on any atom is -0.492 e. The lowest BCUT2D eigenvalue weighted by molar-refractivity contribution is -0.131. The molecule has 0 spiro atoms. The summed E-state index contributed by atoms with van der Waals surface area (Å²) in [7, 11) is 3.46. The number of nitrogens with zero attached hydrogens (tertiary/aromatic N) is 3. The van der Waals surface area contributed by atoms with Gasteiger partial charge in [-0.15, -0.1) is 6.58 Å². The maximum Gasteiger partial charge on any atom is 0.260 e. The number of methoxy groups -OCH3 is 2. The molecule has 16 heteroatoms. The van der Waals surface area contributed by atoms with Crippen LogP contribution in [0.4, 0.5) is 8.78 Å². The molecule has 2 aliphatic heterocycles. The Morgan fingerprint density at radius 3 is 2.36 bits per heavy atom. The molecular weight excluding hydrogens is 903 g/mol. The van der Waals surface area contributed by atoms with Crippen LogP contribution in [-0.4, -0.2) is 122 Å². The number of rotatable bonds is 21. The Morgan fingerprint density at radius 1 is 0.957 bits per heavy atom. The molecule has 4 aliphatic carbocycles. The van der Waals surface area contributed by atoms with E-state index in [1.54, 1.807) is 13.2 Å². The van der Waals surface area contributed by atoms with Crippen LogP contribution in [0.2, 0.25) is 0 Å². The maximum atomic E-state index is 13.7. The van der Waals surface area contributed by atoms with Gasteiger partial charge in [-0.25, -0.2) is 13.8 Å². The van der Waals surface area contributed by atoms with Crippen molar-refractivity contribution in [3.05, 3.63) is 54.6 Å². The molecule has 384 valence electrons. The zero-order chi connectivity index (χ0) is 49.7. The molecule has 2 saturated heterocycles. The first-order valence-corrected chi connectivity index (χ1v) is 26.4. The van der Waals surface area contributed by atoms with Crippen LogP contribution in [0.25, 0.3) is 10.9 Å². The molecule has 0 bridgehead atoms. The number of para-hydroxylation sites is 1. The lowest BCUT2D eigenvalue weighted by Gasteiger charge is -2.32. The van der Waals surface area contributed by atoms with Crippen LogP contribution >= 0.6 is 11.9 Å². The highest BCUT2D eigenvalue weighted by Crippen LogP contribution is 2.45. The van der Waals surface area contributed by atoms with Crippen LogP contribution < -0.4 is 24.8 Å². The summed E-state index contributed by atoms with van der Waals surface area (Å²) in [4.78, 5) is 51.9. The van der Waals surface area contributed by atoms with Crippen LogP contribution in [0.5, 0.6) is 11.6 Å². The number of ether oxygens (including phenoxy) is 3. The number of fused-ring (bicyclic) bond motifs is 1. The molecule has 4 saturated carbocycles. The number of pyridine rings is 1. The van der Waals surface area contributed by atoms with E-state index in [1.165, 1.54) is 69.7 Å². The molecule has 2 unspecified atom stereocenters. The Hall–Kier alpha value is -4.28. The van der Waals surface area contributed by atoms with Crippen LogP contribution in [0.1, 0.15) is 129 Å². The van der Waals surface area contributed by atoms with Gasteiger partial charge < -0.3 is 29.7 Å². The number of hydrogen-bond donors (Lipinski definition) is 3. The molecule has 3 N–H and O–H groups in total. The minimum absolute atomic E-state index is 0.00665. The predicted octanol–water partition coefficient (Wildman–Crippen LogP) is 8.98. The van der Waals surface area contributed by atoms with Crippen LogP contribution in [0.15, 0.2) is 49.1 Å². The third-order valence-corrected chi connectivity index (χ3v) is 15.3. The molecule has 4 amide bonds. The normalized spacial score (nSPS) is 25.0. The van der Waals surface area contributed by atoms with E-state index < -0.39 is 11.5 Å². The van der Waals surface area contributed by atoms with Gasteiger partial charge in [0.25, 0.3) is 11.8 Å². The molecule has 3 heterocycles. The number of alkyl halides is 2. The van der Waals surface area contributed by atoms with Gasteiger partial charge in [-0.05, 0) is 126 Å². The van der Waals surface area contributed by atoms with Gasteiger partial charge in [-0.1, -0.05) is 69.4 Å². The topological polar surface area (TPSA) is 151 Å². The fourth-order valence-electron chi connectivity index (χ4n) is 9.93. The summed E-state index contributed by atoms with van der Waals surface area (Å²) < 4.78 is 47.9. The standard InChI is InChI=1S/C29H40F2N2O3.C10H14N2O2S.C8H14N2O2.C6H12/c1-34-26-16-8-12-22(26)11-4-3-5-14-24-27(23-13-6-7-15-25(23)32-28(24)35-2)36-20-10-19-33-18-9-17-29(30,31)21-33;1-2-7-5-10(7,11-6-13)9(14)12-15-8-3-4-8;1-7-3-2-4-10(7)8(12)5-9-6-11;1-6-4-2-3-5-6/h3,5-7,13,15,22,26H,4,8-12,14,16-21H2,1-2H3;2,6-8H,1,3-5H2,(H,11,13)(H,12,14);6-7H,2-5H2,1H3,(H,9,11);6H,2-5H2,1H3/b5-3+;;;/t22?,26-;7-,10-;;/m11../s1. The van der Waals surface area contributed by atoms with E-state index in [9.17, 15) is 28.0 Å². The number of aromatic nitrogens is 1. The average Bonchev–Trinajstić information content (AvgIpc) is 4.11. The van der Waals surface area contributed by atoms with Gasteiger partial charge in [-0.2, -0.15) is 0 Å². The Morgan fingerprint density at radius 2 is 1.74 bits per heavy atom. The molecule has 5 atom stereocenters. The molecule has 0 radical (unpaired) electrons. The molecule has 69 heavy (non-hydrogen) atoms. The van der Waals surface area contributed by atoms with Crippen molar-refractivity contribution in [1.82, 2.24) is 30.1 Å². The van der Waals surface area contributed by atoms with Crippen molar-refractivity contribution in [2.75, 3.05) is 53.6 Å². The van der Waals surface area contributed by atoms with E-state index in [4.69, 9.17) is 19.2 Å². The van der Waals surface area contributed by atoms with Gasteiger partial charge in [-0.3, -0.25) is 28.8 Å². The SMILES string of the molecule is C=C[C@@H]1C[C@]1(NC=O)C(=O)NSC1CC1.CC1CCCC1.CC1CCCN1C(=O)CNC=O.COc1nc2ccccc2c(OCCCN2CCCC(F)(F)C2)c1C/C=C/CCC1CCC[C@H]1OC. The van der Waals surface area contributed by atoms with Crippen molar-refractivity contribution in [1.29, 1.82) is 0 Å². The number of amides is 4. The van der Waals surface area contributed by atoms with Gasteiger partial charge in [0.15, 0.2) is 0 Å². The monoisotopic (exact) mass is 983 g/mol. The highest BCUT2D eigenvalue weighted by molar-refractivity contribution is 7.98. The lowest BCUT2D eigenvalue weighted by Crippen LogP contribution is -2.45. The van der Waals surface area contributed by atoms with E-state index in [1.807, 2.05) is 48.1 Å². The van der Waals surface area contributed by atoms with Gasteiger partial charge in [0.1, 0.15) is 11.3 Å². The number of carbonyl (C=O) groups excluding carboxylic acids is 4. The Balaban J connectivity index is 0.000000217. The molecular formula is C53H80F2N6O7S. The van der Waals surface area contributed by atoms with Crippen molar-refractivity contribution in [3.63, 3.8) is 0 Å².